The minimum Gasteiger partial charge on any atom is -0.462 e. The van der Waals surface area contributed by atoms with Gasteiger partial charge < -0.3 is 14.6 Å². The maximum atomic E-state index is 12.2. The second-order valence-corrected chi connectivity index (χ2v) is 16.2. The van der Waals surface area contributed by atoms with Gasteiger partial charge in [-0.2, -0.15) is 0 Å². The van der Waals surface area contributed by atoms with E-state index >= 15 is 0 Å². The summed E-state index contributed by atoms with van der Waals surface area (Å²) in [6.07, 6.45) is 75.8. The van der Waals surface area contributed by atoms with Crippen molar-refractivity contribution in [3.8, 4) is 0 Å². The molecule has 0 aliphatic carbocycles. The highest BCUT2D eigenvalue weighted by molar-refractivity contribution is 5.70. The molecule has 0 aromatic rings. The Labute approximate surface area is 382 Å². The number of allylic oxidation sites excluding steroid dienone is 20. The van der Waals surface area contributed by atoms with Crippen LogP contribution in [0.3, 0.4) is 0 Å². The predicted molar refractivity (Wildman–Crippen MR) is 269 cm³/mol. The first kappa shape index (κ1) is 58.3. The lowest BCUT2D eigenvalue weighted by molar-refractivity contribution is -0.161. The summed E-state index contributed by atoms with van der Waals surface area (Å²) in [5.74, 6) is -0.615. The van der Waals surface area contributed by atoms with Gasteiger partial charge in [-0.15, -0.1) is 0 Å². The number of unbranched alkanes of at least 4 members (excludes halogenated alkanes) is 16. The molecule has 0 heterocycles. The molecule has 5 nitrogen and oxygen atoms in total. The van der Waals surface area contributed by atoms with Crippen LogP contribution in [0.25, 0.3) is 0 Å². The molecular formula is C57H92O5. The summed E-state index contributed by atoms with van der Waals surface area (Å²) in [6.45, 7) is 3.99. The average Bonchev–Trinajstić information content (AvgIpc) is 3.28. The van der Waals surface area contributed by atoms with E-state index in [9.17, 15) is 14.7 Å². The van der Waals surface area contributed by atoms with Crippen molar-refractivity contribution in [3.05, 3.63) is 122 Å². The lowest BCUT2D eigenvalue weighted by Gasteiger charge is -2.15. The summed E-state index contributed by atoms with van der Waals surface area (Å²) in [5.41, 5.74) is 0. The van der Waals surface area contributed by atoms with Crippen molar-refractivity contribution < 1.29 is 24.2 Å². The van der Waals surface area contributed by atoms with Gasteiger partial charge in [-0.1, -0.05) is 225 Å². The molecule has 0 amide bonds. The highest BCUT2D eigenvalue weighted by atomic mass is 16.6. The molecular weight excluding hydrogens is 765 g/mol. The van der Waals surface area contributed by atoms with Gasteiger partial charge in [-0.3, -0.25) is 9.59 Å². The number of ether oxygens (including phenoxy) is 2. The molecule has 5 heteroatoms. The summed E-state index contributed by atoms with van der Waals surface area (Å²) in [5, 5.41) is 9.58. The third-order valence-corrected chi connectivity index (χ3v) is 10.3. The number of carbonyl (C=O) groups excluding carboxylic acids is 2. The Bertz CT molecular complexity index is 1290. The number of esters is 2. The molecule has 0 spiro atoms. The van der Waals surface area contributed by atoms with E-state index in [1.807, 2.05) is 0 Å². The van der Waals surface area contributed by atoms with Crippen LogP contribution in [0.2, 0.25) is 0 Å². The van der Waals surface area contributed by atoms with Crippen molar-refractivity contribution in [2.75, 3.05) is 13.2 Å². The molecule has 1 atom stereocenters. The fourth-order valence-corrected chi connectivity index (χ4v) is 6.52. The first-order valence-electron chi connectivity index (χ1n) is 25.1. The van der Waals surface area contributed by atoms with Crippen LogP contribution in [0.4, 0.5) is 0 Å². The molecule has 0 rings (SSSR count). The average molecular weight is 857 g/mol. The van der Waals surface area contributed by atoms with Crippen molar-refractivity contribution in [1.29, 1.82) is 0 Å². The van der Waals surface area contributed by atoms with E-state index in [-0.39, 0.29) is 25.2 Å². The SMILES string of the molecule is CC/C=C\C/C=C\C/C=C\C/C=C\C/C=C\C/C=C\C/C=C\C/C=C\C/C=C\C/C=C\CCCCCCCCC(=O)OC(CO)COC(=O)CCCCCCCCCCCCC. The second-order valence-electron chi connectivity index (χ2n) is 16.2. The Morgan fingerprint density at radius 2 is 0.694 bits per heavy atom. The second kappa shape index (κ2) is 51.6. The van der Waals surface area contributed by atoms with Crippen LogP contribution in [0.15, 0.2) is 122 Å². The van der Waals surface area contributed by atoms with E-state index in [2.05, 4.69) is 135 Å². The Kier molecular flexibility index (Phi) is 48.6. The van der Waals surface area contributed by atoms with E-state index in [0.717, 1.165) is 109 Å². The van der Waals surface area contributed by atoms with Gasteiger partial charge in [-0.25, -0.2) is 0 Å². The van der Waals surface area contributed by atoms with Gasteiger partial charge in [0.1, 0.15) is 6.61 Å². The minimum atomic E-state index is -0.784. The summed E-state index contributed by atoms with van der Waals surface area (Å²) >= 11 is 0. The van der Waals surface area contributed by atoms with Gasteiger partial charge >= 0.3 is 11.9 Å². The number of aliphatic hydroxyl groups excluding tert-OH is 1. The van der Waals surface area contributed by atoms with Crippen LogP contribution in [0, 0.1) is 0 Å². The number of aliphatic hydroxyl groups is 1. The first-order valence-corrected chi connectivity index (χ1v) is 25.1. The van der Waals surface area contributed by atoms with Crippen LogP contribution >= 0.6 is 0 Å². The van der Waals surface area contributed by atoms with E-state index < -0.39 is 6.10 Å². The molecule has 0 aliphatic rings. The summed E-state index contributed by atoms with van der Waals surface area (Å²) in [6, 6.07) is 0. The smallest absolute Gasteiger partial charge is 0.306 e. The maximum absolute atomic E-state index is 12.2. The van der Waals surface area contributed by atoms with E-state index in [1.165, 1.54) is 70.6 Å². The Morgan fingerprint density at radius 3 is 1.05 bits per heavy atom. The number of rotatable bonds is 44. The minimum absolute atomic E-state index is 0.0765. The molecule has 0 fully saturated rings. The standard InChI is InChI=1S/C57H92O5/c1-3-5-7-9-11-13-15-16-17-18-19-20-21-22-23-24-25-26-27-28-29-30-31-32-33-34-35-36-37-38-39-40-42-44-46-48-50-52-57(60)62-55(53-58)54-61-56(59)51-49-47-45-43-41-14-12-10-8-6-4-2/h5,7,11,13,16-17,19-20,22-23,25-26,28-29,31-32,34-35,37-38,55,58H,3-4,6,8-10,12,14-15,18,21,24,27,30,33,36,39-54H2,1-2H3/b7-5-,13-11-,17-16-,20-19-,23-22-,26-25-,29-28-,32-31-,35-34-,38-37-. The van der Waals surface area contributed by atoms with Gasteiger partial charge in [0.15, 0.2) is 6.10 Å². The predicted octanol–water partition coefficient (Wildman–Crippen LogP) is 16.7. The zero-order valence-electron chi connectivity index (χ0n) is 39.8. The molecule has 1 unspecified atom stereocenters. The quantitative estimate of drug-likeness (QED) is 0.0375. The molecule has 350 valence electrons. The third kappa shape index (κ3) is 49.0. The monoisotopic (exact) mass is 857 g/mol. The fourth-order valence-electron chi connectivity index (χ4n) is 6.52. The van der Waals surface area contributed by atoms with Crippen molar-refractivity contribution >= 4 is 11.9 Å². The Morgan fingerprint density at radius 1 is 0.387 bits per heavy atom. The van der Waals surface area contributed by atoms with E-state index in [0.29, 0.717) is 12.8 Å². The maximum Gasteiger partial charge on any atom is 0.306 e. The van der Waals surface area contributed by atoms with Crippen molar-refractivity contribution in [2.24, 2.45) is 0 Å². The van der Waals surface area contributed by atoms with E-state index in [4.69, 9.17) is 9.47 Å². The fraction of sp³-hybridized carbons (Fsp3) is 0.614. The Balaban J connectivity index is 3.64. The normalized spacial score (nSPS) is 13.3. The highest BCUT2D eigenvalue weighted by Crippen LogP contribution is 2.13. The van der Waals surface area contributed by atoms with Crippen molar-refractivity contribution in [3.63, 3.8) is 0 Å². The van der Waals surface area contributed by atoms with Crippen molar-refractivity contribution in [1.82, 2.24) is 0 Å². The molecule has 62 heavy (non-hydrogen) atoms. The molecule has 0 bridgehead atoms. The number of carbonyl (C=O) groups is 2. The van der Waals surface area contributed by atoms with Crippen LogP contribution in [0.1, 0.15) is 206 Å². The molecule has 0 aliphatic heterocycles. The lowest BCUT2D eigenvalue weighted by atomic mass is 10.1. The Hall–Kier alpha value is -3.70. The van der Waals surface area contributed by atoms with Crippen molar-refractivity contribution in [2.45, 2.75) is 213 Å². The van der Waals surface area contributed by atoms with Crippen LogP contribution < -0.4 is 0 Å². The van der Waals surface area contributed by atoms with E-state index in [1.54, 1.807) is 0 Å². The lowest BCUT2D eigenvalue weighted by Crippen LogP contribution is -2.28. The third-order valence-electron chi connectivity index (χ3n) is 10.3. The first-order chi connectivity index (χ1) is 30.6. The van der Waals surface area contributed by atoms with Crippen LogP contribution in [0.5, 0.6) is 0 Å². The van der Waals surface area contributed by atoms with Gasteiger partial charge in [0.05, 0.1) is 6.61 Å². The summed E-state index contributed by atoms with van der Waals surface area (Å²) in [7, 11) is 0. The van der Waals surface area contributed by atoms with Gasteiger partial charge in [0, 0.05) is 12.8 Å². The summed E-state index contributed by atoms with van der Waals surface area (Å²) in [4.78, 5) is 24.3. The molecule has 0 aromatic carbocycles. The van der Waals surface area contributed by atoms with Crippen LogP contribution in [-0.4, -0.2) is 36.4 Å². The highest BCUT2D eigenvalue weighted by Gasteiger charge is 2.16. The molecule has 1 N–H and O–H groups in total. The number of hydrogen-bond donors (Lipinski definition) is 1. The van der Waals surface area contributed by atoms with Gasteiger partial charge in [-0.05, 0) is 89.9 Å². The van der Waals surface area contributed by atoms with Crippen LogP contribution in [-0.2, 0) is 19.1 Å². The van der Waals surface area contributed by atoms with Gasteiger partial charge in [0.2, 0.25) is 0 Å². The molecule has 0 aromatic heterocycles. The summed E-state index contributed by atoms with van der Waals surface area (Å²) < 4.78 is 10.6. The molecule has 0 saturated carbocycles. The largest absolute Gasteiger partial charge is 0.462 e. The zero-order valence-corrected chi connectivity index (χ0v) is 39.8. The van der Waals surface area contributed by atoms with Gasteiger partial charge in [0.25, 0.3) is 0 Å². The molecule has 0 saturated heterocycles. The topological polar surface area (TPSA) is 72.8 Å². The number of hydrogen-bond acceptors (Lipinski definition) is 5. The zero-order chi connectivity index (χ0) is 44.9. The molecule has 0 radical (unpaired) electrons.